The van der Waals surface area contributed by atoms with Crippen molar-refractivity contribution in [1.82, 2.24) is 5.32 Å². The van der Waals surface area contributed by atoms with Crippen LogP contribution in [0.5, 0.6) is 0 Å². The molecule has 0 spiro atoms. The smallest absolute Gasteiger partial charge is 0.327 e. The molecule has 0 radical (unpaired) electrons. The fourth-order valence-electron chi connectivity index (χ4n) is 0.685. The van der Waals surface area contributed by atoms with Crippen molar-refractivity contribution in [2.45, 2.75) is 12.5 Å². The van der Waals surface area contributed by atoms with Gasteiger partial charge < -0.3 is 15.2 Å². The van der Waals surface area contributed by atoms with Gasteiger partial charge in [-0.1, -0.05) is 0 Å². The average Bonchev–Trinajstić information content (AvgIpc) is 2.04. The largest absolute Gasteiger partial charge is 0.480 e. The molecular weight excluding hydrogens is 174 g/mol. The minimum Gasteiger partial charge on any atom is -0.480 e. The van der Waals surface area contributed by atoms with E-state index in [4.69, 9.17) is 11.5 Å². The van der Waals surface area contributed by atoms with E-state index in [0.29, 0.717) is 0 Å². The van der Waals surface area contributed by atoms with Crippen LogP contribution < -0.4 is 5.32 Å². The summed E-state index contributed by atoms with van der Waals surface area (Å²) in [7, 11) is 1.34. The van der Waals surface area contributed by atoms with E-state index in [2.05, 4.69) is 16.0 Å². The molecule has 0 aromatic rings. The maximum atomic E-state index is 10.9. The Labute approximate surface area is 76.1 Å². The second-order valence-corrected chi connectivity index (χ2v) is 2.30. The first-order valence-corrected chi connectivity index (χ1v) is 3.56. The van der Waals surface area contributed by atoms with Crippen molar-refractivity contribution in [1.29, 1.82) is 0 Å². The molecule has 13 heavy (non-hydrogen) atoms. The van der Waals surface area contributed by atoms with Crippen LogP contribution >= 0.6 is 0 Å². The van der Waals surface area contributed by atoms with Gasteiger partial charge in [0.2, 0.25) is 5.91 Å². The SMILES string of the molecule is C#CC[C@H](NC(=O)COC)C(=O)O. The van der Waals surface area contributed by atoms with Gasteiger partial charge >= 0.3 is 5.97 Å². The number of terminal acetylenes is 1. The highest BCUT2D eigenvalue weighted by atomic mass is 16.5. The number of carbonyl (C=O) groups excluding carboxylic acids is 1. The highest BCUT2D eigenvalue weighted by Gasteiger charge is 2.17. The van der Waals surface area contributed by atoms with Crippen molar-refractivity contribution < 1.29 is 19.4 Å². The molecule has 0 aromatic carbocycles. The van der Waals surface area contributed by atoms with E-state index < -0.39 is 17.9 Å². The molecule has 5 heteroatoms. The summed E-state index contributed by atoms with van der Waals surface area (Å²) in [6.07, 6.45) is 4.88. The van der Waals surface area contributed by atoms with E-state index in [9.17, 15) is 9.59 Å². The van der Waals surface area contributed by atoms with E-state index in [1.54, 1.807) is 0 Å². The van der Waals surface area contributed by atoms with Gasteiger partial charge in [-0.2, -0.15) is 0 Å². The number of nitrogens with one attached hydrogen (secondary N) is 1. The fourth-order valence-corrected chi connectivity index (χ4v) is 0.685. The molecule has 0 rings (SSSR count). The van der Waals surface area contributed by atoms with Gasteiger partial charge in [-0.25, -0.2) is 4.79 Å². The van der Waals surface area contributed by atoms with Crippen molar-refractivity contribution in [2.75, 3.05) is 13.7 Å². The molecule has 1 amide bonds. The van der Waals surface area contributed by atoms with Crippen LogP contribution in [0.3, 0.4) is 0 Å². The van der Waals surface area contributed by atoms with E-state index >= 15 is 0 Å². The van der Waals surface area contributed by atoms with Gasteiger partial charge in [0.1, 0.15) is 12.6 Å². The zero-order chi connectivity index (χ0) is 10.3. The third-order valence-electron chi connectivity index (χ3n) is 1.23. The topological polar surface area (TPSA) is 75.6 Å². The lowest BCUT2D eigenvalue weighted by atomic mass is 10.2. The van der Waals surface area contributed by atoms with Crippen LogP contribution in [0.4, 0.5) is 0 Å². The summed E-state index contributed by atoms with van der Waals surface area (Å²) in [6.45, 7) is -0.172. The van der Waals surface area contributed by atoms with Crippen molar-refractivity contribution in [2.24, 2.45) is 0 Å². The Morgan fingerprint density at radius 3 is 2.69 bits per heavy atom. The Bertz CT molecular complexity index is 231. The van der Waals surface area contributed by atoms with E-state index in [1.165, 1.54) is 7.11 Å². The van der Waals surface area contributed by atoms with Crippen LogP contribution in [0.15, 0.2) is 0 Å². The summed E-state index contributed by atoms with van der Waals surface area (Å²) < 4.78 is 4.51. The van der Waals surface area contributed by atoms with Crippen LogP contribution in [0.2, 0.25) is 0 Å². The first-order chi connectivity index (χ1) is 6.11. The average molecular weight is 185 g/mol. The molecule has 0 aliphatic rings. The molecule has 0 unspecified atom stereocenters. The summed E-state index contributed by atoms with van der Waals surface area (Å²) >= 11 is 0. The van der Waals surface area contributed by atoms with Crippen LogP contribution in [0.1, 0.15) is 6.42 Å². The quantitative estimate of drug-likeness (QED) is 0.551. The number of rotatable bonds is 5. The third-order valence-corrected chi connectivity index (χ3v) is 1.23. The second-order valence-electron chi connectivity index (χ2n) is 2.30. The Hall–Kier alpha value is -1.54. The van der Waals surface area contributed by atoms with Gasteiger partial charge in [-0.05, 0) is 0 Å². The van der Waals surface area contributed by atoms with E-state index in [-0.39, 0.29) is 13.0 Å². The van der Waals surface area contributed by atoms with E-state index in [0.717, 1.165) is 0 Å². The van der Waals surface area contributed by atoms with Gasteiger partial charge in [-0.3, -0.25) is 4.79 Å². The molecule has 0 saturated carbocycles. The Balaban J connectivity index is 4.03. The molecule has 0 bridgehead atoms. The van der Waals surface area contributed by atoms with Crippen LogP contribution in [-0.4, -0.2) is 36.7 Å². The first kappa shape index (κ1) is 11.5. The molecule has 2 N–H and O–H groups in total. The molecule has 0 aromatic heterocycles. The zero-order valence-corrected chi connectivity index (χ0v) is 7.24. The van der Waals surface area contributed by atoms with Crippen molar-refractivity contribution in [3.63, 3.8) is 0 Å². The Morgan fingerprint density at radius 1 is 1.69 bits per heavy atom. The first-order valence-electron chi connectivity index (χ1n) is 3.56. The van der Waals surface area contributed by atoms with Gasteiger partial charge in [0.15, 0.2) is 0 Å². The number of ether oxygens (including phenoxy) is 1. The van der Waals surface area contributed by atoms with Gasteiger partial charge in [0, 0.05) is 13.5 Å². The maximum absolute atomic E-state index is 10.9. The predicted molar refractivity (Wildman–Crippen MR) is 44.9 cm³/mol. The second kappa shape index (κ2) is 6.03. The zero-order valence-electron chi connectivity index (χ0n) is 7.24. The lowest BCUT2D eigenvalue weighted by molar-refractivity contribution is -0.142. The van der Waals surface area contributed by atoms with Crippen molar-refractivity contribution in [3.05, 3.63) is 0 Å². The fraction of sp³-hybridized carbons (Fsp3) is 0.500. The van der Waals surface area contributed by atoms with Crippen molar-refractivity contribution in [3.8, 4) is 12.3 Å². The highest BCUT2D eigenvalue weighted by Crippen LogP contribution is 1.90. The standard InChI is InChI=1S/C8H11NO4/c1-3-4-6(8(11)12)9-7(10)5-13-2/h1,6H,4-5H2,2H3,(H,9,10)(H,11,12)/t6-/m0/s1. The summed E-state index contributed by atoms with van der Waals surface area (Å²) in [5, 5.41) is 10.8. The van der Waals surface area contributed by atoms with Gasteiger partial charge in [0.05, 0.1) is 0 Å². The summed E-state index contributed by atoms with van der Waals surface area (Å²) in [5.41, 5.74) is 0. The highest BCUT2D eigenvalue weighted by molar-refractivity contribution is 5.84. The summed E-state index contributed by atoms with van der Waals surface area (Å²) in [4.78, 5) is 21.3. The lowest BCUT2D eigenvalue weighted by Crippen LogP contribution is -2.42. The molecule has 1 atom stereocenters. The molecule has 0 aliphatic heterocycles. The molecule has 0 fully saturated rings. The number of aliphatic carboxylic acids is 1. The molecule has 0 aliphatic carbocycles. The summed E-state index contributed by atoms with van der Waals surface area (Å²) in [5.74, 6) is 0.514. The number of hydrogen-bond acceptors (Lipinski definition) is 3. The predicted octanol–water partition coefficient (Wildman–Crippen LogP) is -0.774. The third kappa shape index (κ3) is 4.82. The Kier molecular flexibility index (Phi) is 5.32. The minimum absolute atomic E-state index is 0.0369. The minimum atomic E-state index is -1.15. The molecule has 72 valence electrons. The normalized spacial score (nSPS) is 11.4. The molecular formula is C8H11NO4. The van der Waals surface area contributed by atoms with E-state index in [1.807, 2.05) is 0 Å². The van der Waals surface area contributed by atoms with Crippen LogP contribution in [0, 0.1) is 12.3 Å². The molecule has 0 heterocycles. The number of carbonyl (C=O) groups is 2. The maximum Gasteiger partial charge on any atom is 0.327 e. The number of amides is 1. The lowest BCUT2D eigenvalue weighted by Gasteiger charge is -2.10. The number of methoxy groups -OCH3 is 1. The van der Waals surface area contributed by atoms with Gasteiger partial charge in [0.25, 0.3) is 0 Å². The number of carboxylic acids is 1. The number of hydrogen-bond donors (Lipinski definition) is 2. The molecule has 5 nitrogen and oxygen atoms in total. The van der Waals surface area contributed by atoms with Crippen molar-refractivity contribution >= 4 is 11.9 Å². The van der Waals surface area contributed by atoms with Gasteiger partial charge in [-0.15, -0.1) is 12.3 Å². The molecule has 0 saturated heterocycles. The number of carboxylic acid groups (broad SMARTS) is 1. The Morgan fingerprint density at radius 2 is 2.31 bits per heavy atom. The monoisotopic (exact) mass is 185 g/mol. The van der Waals surface area contributed by atoms with Crippen LogP contribution in [0.25, 0.3) is 0 Å². The van der Waals surface area contributed by atoms with Crippen LogP contribution in [-0.2, 0) is 14.3 Å². The summed E-state index contributed by atoms with van der Waals surface area (Å²) in [6, 6.07) is -1.03.